The fourth-order valence-electron chi connectivity index (χ4n) is 4.62. The molecule has 1 fully saturated rings. The molecule has 0 aliphatic heterocycles. The van der Waals surface area contributed by atoms with Crippen LogP contribution < -0.4 is 10.1 Å². The summed E-state index contributed by atoms with van der Waals surface area (Å²) in [6, 6.07) is 13.6. The molecule has 0 aromatic heterocycles. The summed E-state index contributed by atoms with van der Waals surface area (Å²) in [5.41, 5.74) is 4.26. The standard InChI is InChI=1S/C28H38N2O3/c1-5-25(28(32)29-24-14-10-7-11-15-24)30(18-23-12-8-6-9-13-23)27(31)19-33-26-17-20(2)16-21(3)22(26)4/h6,8-9,12-13,16-17,24-25H,5,7,10-11,14-15,18-19H2,1-4H3,(H,29,32). The summed E-state index contributed by atoms with van der Waals surface area (Å²) in [4.78, 5) is 28.4. The van der Waals surface area contributed by atoms with Gasteiger partial charge in [-0.1, -0.05) is 62.6 Å². The van der Waals surface area contributed by atoms with Gasteiger partial charge in [-0.3, -0.25) is 9.59 Å². The predicted octanol–water partition coefficient (Wildman–Crippen LogP) is 5.25. The number of hydrogen-bond donors (Lipinski definition) is 1. The van der Waals surface area contributed by atoms with Gasteiger partial charge in [-0.15, -0.1) is 0 Å². The molecular formula is C28H38N2O3. The first-order valence-corrected chi connectivity index (χ1v) is 12.2. The van der Waals surface area contributed by atoms with Crippen molar-refractivity contribution in [1.29, 1.82) is 0 Å². The lowest BCUT2D eigenvalue weighted by Crippen LogP contribution is -2.52. The molecule has 5 heteroatoms. The van der Waals surface area contributed by atoms with Crippen LogP contribution in [0, 0.1) is 20.8 Å². The summed E-state index contributed by atoms with van der Waals surface area (Å²) in [5, 5.41) is 3.22. The number of carbonyl (C=O) groups is 2. The zero-order valence-electron chi connectivity index (χ0n) is 20.5. The van der Waals surface area contributed by atoms with Crippen molar-refractivity contribution in [3.05, 3.63) is 64.7 Å². The van der Waals surface area contributed by atoms with Gasteiger partial charge in [0.15, 0.2) is 6.61 Å². The summed E-state index contributed by atoms with van der Waals surface area (Å²) >= 11 is 0. The molecule has 2 aromatic rings. The number of hydrogen-bond acceptors (Lipinski definition) is 3. The van der Waals surface area contributed by atoms with Crippen molar-refractivity contribution in [3.63, 3.8) is 0 Å². The van der Waals surface area contributed by atoms with Gasteiger partial charge >= 0.3 is 0 Å². The minimum absolute atomic E-state index is 0.0590. The zero-order chi connectivity index (χ0) is 23.8. The van der Waals surface area contributed by atoms with Crippen LogP contribution >= 0.6 is 0 Å². The molecule has 5 nitrogen and oxygen atoms in total. The van der Waals surface area contributed by atoms with Gasteiger partial charge in [0, 0.05) is 12.6 Å². The molecule has 0 radical (unpaired) electrons. The Labute approximate surface area is 198 Å². The molecule has 2 aromatic carbocycles. The first kappa shape index (κ1) is 24.8. The van der Waals surface area contributed by atoms with Gasteiger partial charge in [0.05, 0.1) is 0 Å². The highest BCUT2D eigenvalue weighted by Gasteiger charge is 2.30. The second kappa shape index (κ2) is 11.9. The third-order valence-corrected chi connectivity index (χ3v) is 6.65. The highest BCUT2D eigenvalue weighted by atomic mass is 16.5. The molecule has 33 heavy (non-hydrogen) atoms. The van der Waals surface area contributed by atoms with Crippen molar-refractivity contribution in [2.45, 2.75) is 84.8 Å². The van der Waals surface area contributed by atoms with E-state index in [4.69, 9.17) is 4.74 Å². The van der Waals surface area contributed by atoms with E-state index >= 15 is 0 Å². The number of rotatable bonds is 9. The first-order valence-electron chi connectivity index (χ1n) is 12.2. The Kier molecular flexibility index (Phi) is 8.93. The molecule has 178 valence electrons. The number of ether oxygens (including phenoxy) is 1. The molecule has 0 heterocycles. The lowest BCUT2D eigenvalue weighted by molar-refractivity contribution is -0.143. The zero-order valence-corrected chi connectivity index (χ0v) is 20.5. The molecule has 1 unspecified atom stereocenters. The number of nitrogens with one attached hydrogen (secondary N) is 1. The van der Waals surface area contributed by atoms with Crippen molar-refractivity contribution < 1.29 is 14.3 Å². The van der Waals surface area contributed by atoms with E-state index < -0.39 is 6.04 Å². The van der Waals surface area contributed by atoms with Crippen LogP contribution in [0.5, 0.6) is 5.75 Å². The summed E-state index contributed by atoms with van der Waals surface area (Å²) in [6.07, 6.45) is 6.12. The Bertz CT molecular complexity index is 936. The average molecular weight is 451 g/mol. The summed E-state index contributed by atoms with van der Waals surface area (Å²) < 4.78 is 5.98. The largest absolute Gasteiger partial charge is 0.483 e. The molecule has 1 atom stereocenters. The molecule has 0 spiro atoms. The molecule has 2 amide bonds. The van der Waals surface area contributed by atoms with E-state index in [2.05, 4.69) is 11.4 Å². The van der Waals surface area contributed by atoms with Gasteiger partial charge in [0.2, 0.25) is 5.91 Å². The van der Waals surface area contributed by atoms with Gasteiger partial charge in [-0.2, -0.15) is 0 Å². The molecule has 1 N–H and O–H groups in total. The van der Waals surface area contributed by atoms with E-state index in [1.807, 2.05) is 64.1 Å². The van der Waals surface area contributed by atoms with E-state index in [0.29, 0.717) is 13.0 Å². The monoisotopic (exact) mass is 450 g/mol. The minimum atomic E-state index is -0.524. The fourth-order valence-corrected chi connectivity index (χ4v) is 4.62. The Morgan fingerprint density at radius 1 is 1.06 bits per heavy atom. The maximum atomic E-state index is 13.4. The van der Waals surface area contributed by atoms with Crippen LogP contribution in [0.25, 0.3) is 0 Å². The number of amides is 2. The Morgan fingerprint density at radius 2 is 1.76 bits per heavy atom. The van der Waals surface area contributed by atoms with Crippen molar-refractivity contribution >= 4 is 11.8 Å². The second-order valence-electron chi connectivity index (χ2n) is 9.27. The second-order valence-corrected chi connectivity index (χ2v) is 9.27. The molecule has 1 aliphatic carbocycles. The van der Waals surface area contributed by atoms with Crippen molar-refractivity contribution in [2.75, 3.05) is 6.61 Å². The van der Waals surface area contributed by atoms with Crippen LogP contribution in [0.1, 0.15) is 67.7 Å². The highest BCUT2D eigenvalue weighted by Crippen LogP contribution is 2.24. The summed E-state index contributed by atoms with van der Waals surface area (Å²) in [7, 11) is 0. The van der Waals surface area contributed by atoms with Crippen LogP contribution in [-0.4, -0.2) is 35.4 Å². The summed E-state index contributed by atoms with van der Waals surface area (Å²) in [6.45, 7) is 8.32. The van der Waals surface area contributed by atoms with Crippen molar-refractivity contribution in [2.24, 2.45) is 0 Å². The molecule has 1 saturated carbocycles. The topological polar surface area (TPSA) is 58.6 Å². The number of benzene rings is 2. The molecule has 0 bridgehead atoms. The predicted molar refractivity (Wildman–Crippen MR) is 132 cm³/mol. The number of aryl methyl sites for hydroxylation is 2. The Hall–Kier alpha value is -2.82. The molecule has 0 saturated heterocycles. The van der Waals surface area contributed by atoms with Gasteiger partial charge < -0.3 is 15.0 Å². The normalized spacial score (nSPS) is 15.0. The van der Waals surface area contributed by atoms with E-state index in [9.17, 15) is 9.59 Å². The van der Waals surface area contributed by atoms with Crippen molar-refractivity contribution in [3.8, 4) is 5.75 Å². The maximum absolute atomic E-state index is 13.4. The SMILES string of the molecule is CCC(C(=O)NC1CCCCC1)N(Cc1ccccc1)C(=O)COc1cc(C)cc(C)c1C. The van der Waals surface area contributed by atoms with Gasteiger partial charge in [0.1, 0.15) is 11.8 Å². The van der Waals surface area contributed by atoms with Crippen LogP contribution in [0.15, 0.2) is 42.5 Å². The lowest BCUT2D eigenvalue weighted by Gasteiger charge is -2.32. The van der Waals surface area contributed by atoms with Crippen LogP contribution in [0.2, 0.25) is 0 Å². The summed E-state index contributed by atoms with van der Waals surface area (Å²) in [5.74, 6) is 0.486. The van der Waals surface area contributed by atoms with Crippen LogP contribution in [0.3, 0.4) is 0 Å². The van der Waals surface area contributed by atoms with Crippen LogP contribution in [0.4, 0.5) is 0 Å². The first-order chi connectivity index (χ1) is 15.9. The van der Waals surface area contributed by atoms with E-state index in [1.54, 1.807) is 4.90 Å². The van der Waals surface area contributed by atoms with E-state index in [-0.39, 0.29) is 24.5 Å². The smallest absolute Gasteiger partial charge is 0.261 e. The molecule has 1 aliphatic rings. The average Bonchev–Trinajstić information content (AvgIpc) is 2.81. The number of nitrogens with zero attached hydrogens (tertiary/aromatic N) is 1. The quantitative estimate of drug-likeness (QED) is 0.568. The van der Waals surface area contributed by atoms with E-state index in [1.165, 1.54) is 6.42 Å². The van der Waals surface area contributed by atoms with Gasteiger partial charge in [-0.25, -0.2) is 0 Å². The van der Waals surface area contributed by atoms with E-state index in [0.717, 1.165) is 53.7 Å². The minimum Gasteiger partial charge on any atom is -0.483 e. The Balaban J connectivity index is 1.77. The maximum Gasteiger partial charge on any atom is 0.261 e. The highest BCUT2D eigenvalue weighted by molar-refractivity contribution is 5.88. The Morgan fingerprint density at radius 3 is 2.42 bits per heavy atom. The fraction of sp³-hybridized carbons (Fsp3) is 0.500. The van der Waals surface area contributed by atoms with Crippen LogP contribution in [-0.2, 0) is 16.1 Å². The third kappa shape index (κ3) is 6.83. The third-order valence-electron chi connectivity index (χ3n) is 6.65. The van der Waals surface area contributed by atoms with Crippen molar-refractivity contribution in [1.82, 2.24) is 10.2 Å². The molecule has 3 rings (SSSR count). The number of carbonyl (C=O) groups excluding carboxylic acids is 2. The van der Waals surface area contributed by atoms with Gasteiger partial charge in [-0.05, 0) is 68.4 Å². The molecular weight excluding hydrogens is 412 g/mol. The lowest BCUT2D eigenvalue weighted by atomic mass is 9.95. The van der Waals surface area contributed by atoms with Gasteiger partial charge in [0.25, 0.3) is 5.91 Å².